The zero-order chi connectivity index (χ0) is 23.7. The molecule has 3 amide bonds. The Kier molecular flexibility index (Phi) is 10.0. The molecule has 3 fully saturated rings. The molecule has 1 saturated carbocycles. The van der Waals surface area contributed by atoms with E-state index in [9.17, 15) is 19.2 Å². The number of likely N-dealkylation sites (tertiary alicyclic amines) is 1. The molecule has 9 nitrogen and oxygen atoms in total. The van der Waals surface area contributed by atoms with E-state index in [4.69, 9.17) is 13.3 Å². The first-order valence-corrected chi connectivity index (χ1v) is 14.4. The van der Waals surface area contributed by atoms with Crippen molar-refractivity contribution in [2.24, 2.45) is 0 Å². The molecule has 1 N–H and O–H groups in total. The van der Waals surface area contributed by atoms with Crippen LogP contribution in [-0.4, -0.2) is 69.1 Å². The average Bonchev–Trinajstić information content (AvgIpc) is 3.05. The van der Waals surface area contributed by atoms with Crippen LogP contribution in [0.4, 0.5) is 0 Å². The zero-order valence-corrected chi connectivity index (χ0v) is 20.8. The highest BCUT2D eigenvalue weighted by Crippen LogP contribution is 2.33. The van der Waals surface area contributed by atoms with Crippen LogP contribution in [0.15, 0.2) is 0 Å². The number of hydrogen-bond acceptors (Lipinski definition) is 7. The third-order valence-electron chi connectivity index (χ3n) is 6.52. The van der Waals surface area contributed by atoms with Crippen LogP contribution in [-0.2, 0) is 32.5 Å². The Morgan fingerprint density at radius 1 is 1.00 bits per heavy atom. The van der Waals surface area contributed by atoms with Crippen molar-refractivity contribution in [1.29, 1.82) is 0 Å². The number of imide groups is 1. The second kappa shape index (κ2) is 12.7. The van der Waals surface area contributed by atoms with Crippen LogP contribution in [0.3, 0.4) is 0 Å². The molecule has 0 radical (unpaired) electrons. The van der Waals surface area contributed by atoms with Crippen molar-refractivity contribution in [1.82, 2.24) is 10.2 Å². The van der Waals surface area contributed by atoms with Gasteiger partial charge in [-0.2, -0.15) is 0 Å². The van der Waals surface area contributed by atoms with E-state index in [0.29, 0.717) is 25.6 Å². The molecule has 33 heavy (non-hydrogen) atoms. The van der Waals surface area contributed by atoms with Crippen molar-refractivity contribution >= 4 is 32.3 Å². The Bertz CT molecular complexity index is 685. The normalized spacial score (nSPS) is 28.2. The summed E-state index contributed by atoms with van der Waals surface area (Å²) in [5, 5.41) is 2.85. The predicted octanol–water partition coefficient (Wildman–Crippen LogP) is 2.49. The van der Waals surface area contributed by atoms with Gasteiger partial charge in [0.1, 0.15) is 0 Å². The zero-order valence-electron chi connectivity index (χ0n) is 19.8. The third kappa shape index (κ3) is 7.98. The van der Waals surface area contributed by atoms with Crippen LogP contribution in [0.2, 0.25) is 6.04 Å². The maximum Gasteiger partial charge on any atom is 0.501 e. The minimum absolute atomic E-state index is 0.0100. The lowest BCUT2D eigenvalue weighted by Gasteiger charge is -2.33. The summed E-state index contributed by atoms with van der Waals surface area (Å²) in [6.45, 7) is 2.73. The van der Waals surface area contributed by atoms with Gasteiger partial charge in [-0.05, 0) is 39.0 Å². The summed E-state index contributed by atoms with van der Waals surface area (Å²) in [7, 11) is -2.80. The van der Waals surface area contributed by atoms with Gasteiger partial charge in [0.2, 0.25) is 17.7 Å². The van der Waals surface area contributed by atoms with Crippen molar-refractivity contribution < 1.29 is 32.5 Å². The number of fused-ring (bicyclic) bond motifs is 3. The molecule has 3 rings (SSSR count). The van der Waals surface area contributed by atoms with Gasteiger partial charge in [0.15, 0.2) is 5.78 Å². The standard InChI is InChI=1S/C23H38N2O7Si/c1-2-30-33(31-19-7-4-3-5-8-20(32-33)11-10-19)16-6-15-24-21(27)12-9-18(26)17-25-22(28)13-14-23(25)29/h19-20H,2-17H2,1H3,(H,24,27). The number of nitrogens with one attached hydrogen (secondary N) is 1. The molecule has 3 aliphatic rings. The van der Waals surface area contributed by atoms with Crippen molar-refractivity contribution in [3.8, 4) is 0 Å². The second-order valence-electron chi connectivity index (χ2n) is 9.18. The predicted molar refractivity (Wildman–Crippen MR) is 122 cm³/mol. The van der Waals surface area contributed by atoms with Gasteiger partial charge in [0.05, 0.1) is 6.54 Å². The Balaban J connectivity index is 1.40. The topological polar surface area (TPSA) is 111 Å². The van der Waals surface area contributed by atoms with Gasteiger partial charge in [-0.1, -0.05) is 19.3 Å². The van der Waals surface area contributed by atoms with Gasteiger partial charge in [0, 0.05) is 57.1 Å². The minimum atomic E-state index is -2.80. The maximum atomic E-state index is 12.2. The quantitative estimate of drug-likeness (QED) is 0.274. The highest BCUT2D eigenvalue weighted by atomic mass is 28.4. The van der Waals surface area contributed by atoms with Crippen molar-refractivity contribution in [2.75, 3.05) is 19.7 Å². The lowest BCUT2D eigenvalue weighted by Crippen LogP contribution is -2.49. The largest absolute Gasteiger partial charge is 0.501 e. The highest BCUT2D eigenvalue weighted by Gasteiger charge is 2.46. The van der Waals surface area contributed by atoms with Gasteiger partial charge in [-0.3, -0.25) is 24.1 Å². The highest BCUT2D eigenvalue weighted by molar-refractivity contribution is 6.60. The summed E-state index contributed by atoms with van der Waals surface area (Å²) >= 11 is 0. The van der Waals surface area contributed by atoms with Crippen LogP contribution in [0.25, 0.3) is 0 Å². The number of nitrogens with zero attached hydrogens (tertiary/aromatic N) is 1. The van der Waals surface area contributed by atoms with E-state index in [-0.39, 0.29) is 67.9 Å². The smallest absolute Gasteiger partial charge is 0.374 e. The molecule has 0 aromatic heterocycles. The summed E-state index contributed by atoms with van der Waals surface area (Å²) < 4.78 is 19.1. The third-order valence-corrected chi connectivity index (χ3v) is 9.60. The van der Waals surface area contributed by atoms with Gasteiger partial charge < -0.3 is 18.6 Å². The van der Waals surface area contributed by atoms with Crippen LogP contribution < -0.4 is 5.32 Å². The summed E-state index contributed by atoms with van der Waals surface area (Å²) in [5.74, 6) is -1.13. The lowest BCUT2D eigenvalue weighted by molar-refractivity contribution is -0.141. The fourth-order valence-corrected chi connectivity index (χ4v) is 7.87. The molecule has 2 unspecified atom stereocenters. The van der Waals surface area contributed by atoms with E-state index in [1.54, 1.807) is 0 Å². The maximum absolute atomic E-state index is 12.2. The van der Waals surface area contributed by atoms with E-state index >= 15 is 0 Å². The summed E-state index contributed by atoms with van der Waals surface area (Å²) in [5.41, 5.74) is 0. The molecule has 1 aliphatic carbocycles. The summed E-state index contributed by atoms with van der Waals surface area (Å²) in [6.07, 6.45) is 9.18. The Morgan fingerprint density at radius 2 is 1.64 bits per heavy atom. The van der Waals surface area contributed by atoms with E-state index in [1.165, 1.54) is 19.3 Å². The molecular weight excluding hydrogens is 444 g/mol. The molecular formula is C23H38N2O7Si. The number of hydrogen-bond donors (Lipinski definition) is 1. The number of carbonyl (C=O) groups excluding carboxylic acids is 4. The summed E-state index contributed by atoms with van der Waals surface area (Å²) in [4.78, 5) is 48.4. The number of ketones is 1. The number of rotatable bonds is 11. The van der Waals surface area contributed by atoms with Gasteiger partial charge in [0.25, 0.3) is 0 Å². The van der Waals surface area contributed by atoms with E-state index < -0.39 is 8.80 Å². The first kappa shape index (κ1) is 26.0. The fourth-order valence-electron chi connectivity index (χ4n) is 4.76. The van der Waals surface area contributed by atoms with Crippen LogP contribution in [0.1, 0.15) is 84.0 Å². The Labute approximate surface area is 197 Å². The molecule has 2 saturated heterocycles. The SMILES string of the molecule is CCO[Si]1(CCCNC(=O)CCC(=O)CN2C(=O)CCC2=O)OC2CCCCCC(CC2)O1. The average molecular weight is 483 g/mol. The van der Waals surface area contributed by atoms with Crippen molar-refractivity contribution in [2.45, 2.75) is 102 Å². The van der Waals surface area contributed by atoms with Crippen molar-refractivity contribution in [3.05, 3.63) is 0 Å². The summed E-state index contributed by atoms with van der Waals surface area (Å²) in [6, 6.07) is 0.659. The molecule has 2 aliphatic heterocycles. The van der Waals surface area contributed by atoms with Crippen LogP contribution >= 0.6 is 0 Å². The minimum Gasteiger partial charge on any atom is -0.374 e. The van der Waals surface area contributed by atoms with E-state index in [1.807, 2.05) is 6.92 Å². The molecule has 2 bridgehead atoms. The molecule has 10 heteroatoms. The first-order chi connectivity index (χ1) is 15.9. The Morgan fingerprint density at radius 3 is 2.24 bits per heavy atom. The number of amides is 3. The fraction of sp³-hybridized carbons (Fsp3) is 0.826. The number of carbonyl (C=O) groups is 4. The van der Waals surface area contributed by atoms with Gasteiger partial charge in [-0.25, -0.2) is 0 Å². The molecule has 0 spiro atoms. The number of Topliss-reactive ketones (excluding diaryl/α,β-unsaturated/α-hetero) is 1. The lowest BCUT2D eigenvalue weighted by atomic mass is 10.1. The van der Waals surface area contributed by atoms with E-state index in [0.717, 1.165) is 30.6 Å². The second-order valence-corrected chi connectivity index (χ2v) is 11.8. The molecule has 0 aromatic rings. The Hall–Kier alpha value is -1.62. The van der Waals surface area contributed by atoms with Crippen LogP contribution in [0.5, 0.6) is 0 Å². The molecule has 186 valence electrons. The van der Waals surface area contributed by atoms with Crippen LogP contribution in [0, 0.1) is 0 Å². The molecule has 2 heterocycles. The van der Waals surface area contributed by atoms with Gasteiger partial charge in [-0.15, -0.1) is 0 Å². The van der Waals surface area contributed by atoms with Crippen molar-refractivity contribution in [3.63, 3.8) is 0 Å². The monoisotopic (exact) mass is 482 g/mol. The molecule has 0 aromatic carbocycles. The van der Waals surface area contributed by atoms with E-state index in [2.05, 4.69) is 5.32 Å². The molecule has 2 atom stereocenters. The first-order valence-electron chi connectivity index (χ1n) is 12.5. The van der Waals surface area contributed by atoms with Gasteiger partial charge >= 0.3 is 8.80 Å².